The minimum atomic E-state index is -4.47. The van der Waals surface area contributed by atoms with Gasteiger partial charge in [-0.1, -0.05) is 11.6 Å². The van der Waals surface area contributed by atoms with Crippen molar-refractivity contribution in [1.29, 1.82) is 5.26 Å². The van der Waals surface area contributed by atoms with Gasteiger partial charge in [0.05, 0.1) is 17.9 Å². The van der Waals surface area contributed by atoms with Crippen LogP contribution >= 0.6 is 19.2 Å². The standard InChI is InChI=1S/C10H6ClN2O4P/c11-9-4-6(5-12)3-7(13-9)10-8(1-2-17-10)18(14,15)16/h1-4H,(H2,14,15,16). The molecule has 0 amide bonds. The SMILES string of the molecule is N#Cc1cc(Cl)nc(-c2occc2P(=O)(O)O)c1. The minimum absolute atomic E-state index is 0.0390. The Kier molecular flexibility index (Phi) is 3.24. The maximum atomic E-state index is 11.2. The van der Waals surface area contributed by atoms with Crippen LogP contribution in [0.2, 0.25) is 5.15 Å². The molecule has 2 N–H and O–H groups in total. The highest BCUT2D eigenvalue weighted by atomic mass is 35.5. The summed E-state index contributed by atoms with van der Waals surface area (Å²) in [5.41, 5.74) is 0.320. The van der Waals surface area contributed by atoms with Crippen LogP contribution in [0, 0.1) is 11.3 Å². The van der Waals surface area contributed by atoms with E-state index in [0.29, 0.717) is 0 Å². The molecule has 2 aromatic rings. The summed E-state index contributed by atoms with van der Waals surface area (Å²) in [4.78, 5) is 22.2. The molecule has 0 saturated heterocycles. The summed E-state index contributed by atoms with van der Waals surface area (Å²) in [7, 11) is -4.47. The van der Waals surface area contributed by atoms with E-state index >= 15 is 0 Å². The Morgan fingerprint density at radius 3 is 2.78 bits per heavy atom. The fraction of sp³-hybridized carbons (Fsp3) is 0. The fourth-order valence-electron chi connectivity index (χ4n) is 1.40. The van der Waals surface area contributed by atoms with Crippen LogP contribution < -0.4 is 5.30 Å². The lowest BCUT2D eigenvalue weighted by atomic mass is 10.2. The van der Waals surface area contributed by atoms with Crippen molar-refractivity contribution in [3.8, 4) is 17.5 Å². The van der Waals surface area contributed by atoms with Crippen molar-refractivity contribution in [3.05, 3.63) is 35.2 Å². The quantitative estimate of drug-likeness (QED) is 0.641. The van der Waals surface area contributed by atoms with Crippen molar-refractivity contribution in [2.24, 2.45) is 0 Å². The van der Waals surface area contributed by atoms with Gasteiger partial charge in [0.15, 0.2) is 5.76 Å². The largest absolute Gasteiger partial charge is 0.462 e. The molecule has 2 aromatic heterocycles. The molecular formula is C10H6ClN2O4P. The molecule has 0 aliphatic rings. The Hall–Kier alpha value is -1.64. The van der Waals surface area contributed by atoms with Crippen LogP contribution in [-0.4, -0.2) is 14.8 Å². The van der Waals surface area contributed by atoms with Crippen molar-refractivity contribution in [2.45, 2.75) is 0 Å². The van der Waals surface area contributed by atoms with Gasteiger partial charge in [0.1, 0.15) is 16.2 Å². The molecular weight excluding hydrogens is 279 g/mol. The average molecular weight is 285 g/mol. The van der Waals surface area contributed by atoms with Gasteiger partial charge in [0, 0.05) is 0 Å². The van der Waals surface area contributed by atoms with Crippen LogP contribution in [0.3, 0.4) is 0 Å². The molecule has 0 unspecified atom stereocenters. The van der Waals surface area contributed by atoms with Gasteiger partial charge in [-0.2, -0.15) is 5.26 Å². The van der Waals surface area contributed by atoms with E-state index in [-0.39, 0.29) is 27.5 Å². The van der Waals surface area contributed by atoms with E-state index in [2.05, 4.69) is 4.98 Å². The van der Waals surface area contributed by atoms with Crippen LogP contribution in [0.15, 0.2) is 28.9 Å². The van der Waals surface area contributed by atoms with Crippen molar-refractivity contribution in [2.75, 3.05) is 0 Å². The summed E-state index contributed by atoms with van der Waals surface area (Å²) in [5.74, 6) is -0.0951. The first-order valence-electron chi connectivity index (χ1n) is 4.63. The van der Waals surface area contributed by atoms with Crippen LogP contribution in [-0.2, 0) is 4.57 Å². The summed E-state index contributed by atoms with van der Waals surface area (Å²) < 4.78 is 16.2. The van der Waals surface area contributed by atoms with E-state index in [0.717, 1.165) is 12.3 Å². The van der Waals surface area contributed by atoms with Gasteiger partial charge < -0.3 is 14.2 Å². The number of aromatic nitrogens is 1. The van der Waals surface area contributed by atoms with E-state index in [1.165, 1.54) is 12.1 Å². The third-order valence-corrected chi connectivity index (χ3v) is 3.29. The zero-order valence-electron chi connectivity index (χ0n) is 8.74. The number of hydrogen-bond donors (Lipinski definition) is 2. The van der Waals surface area contributed by atoms with Gasteiger partial charge in [-0.05, 0) is 18.2 Å². The van der Waals surface area contributed by atoms with Crippen LogP contribution in [0.5, 0.6) is 0 Å². The predicted molar refractivity (Wildman–Crippen MR) is 63.3 cm³/mol. The summed E-state index contributed by atoms with van der Waals surface area (Å²) in [6, 6.07) is 5.70. The monoisotopic (exact) mass is 284 g/mol. The molecule has 0 aromatic carbocycles. The molecule has 8 heteroatoms. The van der Waals surface area contributed by atoms with Gasteiger partial charge in [0.2, 0.25) is 0 Å². The molecule has 0 bridgehead atoms. The molecule has 0 saturated carbocycles. The molecule has 0 spiro atoms. The molecule has 0 radical (unpaired) electrons. The van der Waals surface area contributed by atoms with Gasteiger partial charge in [-0.15, -0.1) is 0 Å². The van der Waals surface area contributed by atoms with Gasteiger partial charge in [-0.3, -0.25) is 4.57 Å². The second-order valence-corrected chi connectivity index (χ2v) is 5.31. The van der Waals surface area contributed by atoms with Crippen LogP contribution in [0.4, 0.5) is 0 Å². The summed E-state index contributed by atoms with van der Waals surface area (Å²) >= 11 is 5.71. The smallest absolute Gasteiger partial charge is 0.360 e. The van der Waals surface area contributed by atoms with Gasteiger partial charge in [0.25, 0.3) is 0 Å². The highest BCUT2D eigenvalue weighted by Crippen LogP contribution is 2.38. The number of furan rings is 1. The van der Waals surface area contributed by atoms with E-state index < -0.39 is 7.60 Å². The maximum absolute atomic E-state index is 11.2. The number of hydrogen-bond acceptors (Lipinski definition) is 4. The predicted octanol–water partition coefficient (Wildman–Crippen LogP) is 1.67. The second-order valence-electron chi connectivity index (χ2n) is 3.35. The minimum Gasteiger partial charge on any atom is -0.462 e. The number of nitriles is 1. The number of halogens is 1. The van der Waals surface area contributed by atoms with Crippen molar-refractivity contribution < 1.29 is 18.8 Å². The van der Waals surface area contributed by atoms with E-state index in [1.54, 1.807) is 0 Å². The number of nitrogens with zero attached hydrogens (tertiary/aromatic N) is 2. The zero-order chi connectivity index (χ0) is 13.3. The molecule has 18 heavy (non-hydrogen) atoms. The van der Waals surface area contributed by atoms with Gasteiger partial charge >= 0.3 is 7.60 Å². The lowest BCUT2D eigenvalue weighted by molar-refractivity contribution is 0.387. The highest BCUT2D eigenvalue weighted by Gasteiger charge is 2.26. The van der Waals surface area contributed by atoms with Gasteiger partial charge in [-0.25, -0.2) is 4.98 Å². The van der Waals surface area contributed by atoms with Crippen molar-refractivity contribution >= 4 is 24.5 Å². The van der Waals surface area contributed by atoms with Crippen LogP contribution in [0.1, 0.15) is 5.56 Å². The Balaban J connectivity index is 2.64. The van der Waals surface area contributed by atoms with Crippen molar-refractivity contribution in [1.82, 2.24) is 4.98 Å². The van der Waals surface area contributed by atoms with E-state index in [1.807, 2.05) is 6.07 Å². The van der Waals surface area contributed by atoms with Crippen LogP contribution in [0.25, 0.3) is 11.5 Å². The van der Waals surface area contributed by atoms with E-state index in [4.69, 9.17) is 31.1 Å². The molecule has 0 aliphatic heterocycles. The summed E-state index contributed by atoms with van der Waals surface area (Å²) in [6.07, 6.45) is 1.14. The third-order valence-electron chi connectivity index (χ3n) is 2.11. The fourth-order valence-corrected chi connectivity index (χ4v) is 2.30. The Morgan fingerprint density at radius 1 is 1.44 bits per heavy atom. The molecule has 0 fully saturated rings. The third kappa shape index (κ3) is 2.45. The molecule has 0 aliphatic carbocycles. The first-order chi connectivity index (χ1) is 8.41. The summed E-state index contributed by atoms with van der Waals surface area (Å²) in [5, 5.41) is 8.54. The molecule has 92 valence electrons. The summed E-state index contributed by atoms with van der Waals surface area (Å²) in [6.45, 7) is 0. The molecule has 2 rings (SSSR count). The molecule has 0 atom stereocenters. The Morgan fingerprint density at radius 2 is 2.17 bits per heavy atom. The normalized spacial score (nSPS) is 11.2. The zero-order valence-corrected chi connectivity index (χ0v) is 10.4. The second kappa shape index (κ2) is 4.56. The first-order valence-corrected chi connectivity index (χ1v) is 6.62. The Labute approximate surface area is 107 Å². The number of rotatable bonds is 2. The maximum Gasteiger partial charge on any atom is 0.360 e. The highest BCUT2D eigenvalue weighted by molar-refractivity contribution is 7.60. The molecule has 6 nitrogen and oxygen atoms in total. The number of pyridine rings is 1. The average Bonchev–Trinajstić information content (AvgIpc) is 2.76. The molecule has 2 heterocycles. The Bertz CT molecular complexity index is 685. The lowest BCUT2D eigenvalue weighted by Crippen LogP contribution is -2.04. The van der Waals surface area contributed by atoms with Crippen molar-refractivity contribution in [3.63, 3.8) is 0 Å². The topological polar surface area (TPSA) is 107 Å². The lowest BCUT2D eigenvalue weighted by Gasteiger charge is -2.04. The van der Waals surface area contributed by atoms with E-state index in [9.17, 15) is 4.57 Å². The first kappa shape index (κ1) is 12.8.